The second-order valence-corrected chi connectivity index (χ2v) is 35.4. The fraction of sp³-hybridized carbons (Fsp3) is 0.642. The van der Waals surface area contributed by atoms with Gasteiger partial charge in [0.1, 0.15) is 29.2 Å². The third-order valence-corrected chi connectivity index (χ3v) is 29.7. The summed E-state index contributed by atoms with van der Waals surface area (Å²) in [6.07, 6.45) is 20.7. The van der Waals surface area contributed by atoms with E-state index >= 15 is 0 Å². The molecule has 5 aromatic rings. The Hall–Kier alpha value is -7.79. The third-order valence-electron chi connectivity index (χ3n) is 27.7. The van der Waals surface area contributed by atoms with Gasteiger partial charge in [-0.05, 0) is 267 Å². The van der Waals surface area contributed by atoms with Gasteiger partial charge in [0, 0.05) is 121 Å². The summed E-state index contributed by atoms with van der Waals surface area (Å²) >= 11 is 0. The minimum Gasteiger partial charge on any atom is -0.450 e. The zero-order valence-electron chi connectivity index (χ0n) is 63.0. The molecule has 14 aliphatic rings. The lowest BCUT2D eigenvalue weighted by Gasteiger charge is -2.47. The number of sulfonamides is 1. The van der Waals surface area contributed by atoms with Crippen LogP contribution in [0.3, 0.4) is 0 Å². The van der Waals surface area contributed by atoms with Crippen LogP contribution in [0, 0.1) is 37.2 Å². The maximum absolute atomic E-state index is 14.5. The molecule has 19 rings (SSSR count). The van der Waals surface area contributed by atoms with Crippen LogP contribution in [0.4, 0.5) is 44.6 Å². The molecule has 15 heterocycles. The number of carbonyl (C=O) groups is 5. The Morgan fingerprint density at radius 3 is 1.35 bits per heavy atom. The number of fused-ring (bicyclic) bond motifs is 12. The molecule has 11 fully saturated rings. The average Bonchev–Trinajstić information content (AvgIpc) is 1.56. The highest BCUT2D eigenvalue weighted by molar-refractivity contribution is 7.93. The first-order valence-corrected chi connectivity index (χ1v) is 41.7. The van der Waals surface area contributed by atoms with Crippen molar-refractivity contribution in [2.45, 2.75) is 244 Å². The first kappa shape index (κ1) is 74.0. The maximum atomic E-state index is 14.5. The SMILES string of the molecule is CCOC(=O)N1C2CCC1CC(N1CCC3(CC1)CN(C(=O)c1ccno1)c1ccc(F)cc13)C2.CCOC(=O)N1C2CCC1CC(N1CCC3(CC1)CN(S(=O)(=O)c1c(C)noc1C)c1ccc(F)cc13)C2.O=C(C1CC1)N1CC2(CCN(C3CC4CCC(C3)N4C(=O)O[C@@H]3CCOC3)CC2)c2cc(F)ccc21.[HH]. The van der Waals surface area contributed by atoms with E-state index in [0.29, 0.717) is 69.0 Å². The molecule has 0 radical (unpaired) electrons. The van der Waals surface area contributed by atoms with Crippen molar-refractivity contribution in [1.82, 2.24) is 39.7 Å². The van der Waals surface area contributed by atoms with Gasteiger partial charge in [-0.25, -0.2) is 36.0 Å². The van der Waals surface area contributed by atoms with Crippen molar-refractivity contribution >= 4 is 57.2 Å². The average molecular weight is 1530 g/mol. The Bertz CT molecular complexity index is 4330. The number of nitrogens with zero attached hydrogens (tertiary/aromatic N) is 11. The molecule has 109 heavy (non-hydrogen) atoms. The van der Waals surface area contributed by atoms with Gasteiger partial charge in [0.05, 0.1) is 38.3 Å². The summed E-state index contributed by atoms with van der Waals surface area (Å²) in [5.41, 5.74) is 4.41. The zero-order chi connectivity index (χ0) is 75.4. The number of carbonyl (C=O) groups excluding carboxylic acids is 5. The highest BCUT2D eigenvalue weighted by Gasteiger charge is 2.56. The molecule has 1 aliphatic carbocycles. The van der Waals surface area contributed by atoms with E-state index in [9.17, 15) is 45.6 Å². The monoisotopic (exact) mass is 1530 g/mol. The Labute approximate surface area is 636 Å². The molecule has 0 N–H and O–H groups in total. The van der Waals surface area contributed by atoms with E-state index in [1.165, 1.54) is 34.8 Å². The van der Waals surface area contributed by atoms with Crippen molar-refractivity contribution in [3.63, 3.8) is 0 Å². The molecule has 6 bridgehead atoms. The lowest BCUT2D eigenvalue weighted by atomic mass is 9.73. The van der Waals surface area contributed by atoms with Gasteiger partial charge in [-0.15, -0.1) is 0 Å². The second kappa shape index (κ2) is 29.4. The molecule has 3 spiro atoms. The number of rotatable bonds is 10. The van der Waals surface area contributed by atoms with Crippen LogP contribution in [0.5, 0.6) is 0 Å². The number of benzene rings is 3. The number of ether oxygens (including phenoxy) is 4. The first-order chi connectivity index (χ1) is 52.6. The van der Waals surface area contributed by atoms with Crippen LogP contribution in [0.25, 0.3) is 0 Å². The van der Waals surface area contributed by atoms with E-state index < -0.39 is 15.4 Å². The van der Waals surface area contributed by atoms with Gasteiger partial charge < -0.3 is 67.2 Å². The third kappa shape index (κ3) is 13.5. The van der Waals surface area contributed by atoms with E-state index in [1.54, 1.807) is 49.1 Å². The zero-order valence-corrected chi connectivity index (χ0v) is 63.8. The van der Waals surface area contributed by atoms with Gasteiger partial charge in [0.25, 0.3) is 15.9 Å². The summed E-state index contributed by atoms with van der Waals surface area (Å²) in [6, 6.07) is 18.5. The Morgan fingerprint density at radius 2 is 0.945 bits per heavy atom. The summed E-state index contributed by atoms with van der Waals surface area (Å²) in [5.74, 6) is -0.250. The summed E-state index contributed by atoms with van der Waals surface area (Å²) in [5, 5.41) is 7.53. The van der Waals surface area contributed by atoms with E-state index in [1.807, 2.05) is 39.5 Å². The van der Waals surface area contributed by atoms with Crippen LogP contribution < -0.4 is 14.1 Å². The van der Waals surface area contributed by atoms with Crippen molar-refractivity contribution in [2.75, 3.05) is 99.4 Å². The molecule has 24 nitrogen and oxygen atoms in total. The molecule has 7 atom stereocenters. The second-order valence-electron chi connectivity index (χ2n) is 33.6. The van der Waals surface area contributed by atoms with Gasteiger partial charge in [0.15, 0.2) is 10.7 Å². The highest BCUT2D eigenvalue weighted by atomic mass is 32.2. The smallest absolute Gasteiger partial charge is 0.410 e. The topological polar surface area (TPSA) is 238 Å². The highest BCUT2D eigenvalue weighted by Crippen LogP contribution is 2.54. The quantitative estimate of drug-likeness (QED) is 0.118. The van der Waals surface area contributed by atoms with Gasteiger partial charge in [-0.1, -0.05) is 10.3 Å². The molecule has 5 amide bonds. The van der Waals surface area contributed by atoms with Crippen molar-refractivity contribution in [3.05, 3.63) is 118 Å². The van der Waals surface area contributed by atoms with Crippen molar-refractivity contribution in [2.24, 2.45) is 5.92 Å². The number of likely N-dealkylation sites (tertiary alicyclic amines) is 3. The number of aromatic nitrogens is 2. The van der Waals surface area contributed by atoms with Gasteiger partial charge in [-0.3, -0.25) is 13.9 Å². The first-order valence-electron chi connectivity index (χ1n) is 40.2. The molecule has 3 aromatic carbocycles. The van der Waals surface area contributed by atoms with Crippen molar-refractivity contribution in [3.8, 4) is 0 Å². The molecule has 1 saturated carbocycles. The molecule has 588 valence electrons. The molecule has 28 heteroatoms. The van der Waals surface area contributed by atoms with Gasteiger partial charge in [-0.2, -0.15) is 0 Å². The molecule has 10 saturated heterocycles. The number of aryl methyl sites for hydroxylation is 2. The number of halogens is 3. The molecule has 13 aliphatic heterocycles. The summed E-state index contributed by atoms with van der Waals surface area (Å²) in [4.78, 5) is 81.4. The number of amides is 5. The standard InChI is InChI=1S/C28H36FN3O4.C27H35FN4O5S.C26H31FN4O4.H2/c29-19-3-6-25-24(13-19)28(17-31(25)26(33)18-1-2-18)8-10-30(11-9-28)22-14-20-4-5-21(15-22)32(20)27(34)36-23-7-12-35-16-23;1-4-36-26(33)32-20-6-7-21(32)15-22(14-20)30-11-9-27(10-12-30)16-31(24-8-5-19(28)13-23(24)27)38(34,35)25-17(2)29-37-18(25)3;1-2-34-25(33)31-18-4-5-19(31)15-20(14-18)29-11-8-26(9-12-29)16-30(24(32)23-7-10-28-35-23)22-6-3-17(27)13-21(22)26;/h3,6,13,18,20-23H,1-2,4-5,7-12,14-17H2;5,8,13,20-22H,4,6-7,9-12,14-16H2,1-3H3;3,6-7,10,13,18-20H,2,4-5,8-9,11-12,14-16H2,1H3;1H/t20?,21?,22?,23-;;;/m1.../s1. The molecular weight excluding hydrogens is 1420 g/mol. The van der Waals surface area contributed by atoms with Crippen LogP contribution in [-0.4, -0.2) is 224 Å². The Kier molecular flexibility index (Phi) is 19.9. The molecular formula is C81H104F3N11O13S. The molecule has 2 aromatic heterocycles. The predicted octanol–water partition coefficient (Wildman–Crippen LogP) is 12.2. The fourth-order valence-electron chi connectivity index (χ4n) is 22.1. The molecule has 6 unspecified atom stereocenters. The van der Waals surface area contributed by atoms with Crippen LogP contribution in [-0.2, 0) is 50.0 Å². The summed E-state index contributed by atoms with van der Waals surface area (Å²) in [7, 11) is -3.93. The van der Waals surface area contributed by atoms with Crippen LogP contribution in [0.2, 0.25) is 0 Å². The predicted molar refractivity (Wildman–Crippen MR) is 397 cm³/mol. The summed E-state index contributed by atoms with van der Waals surface area (Å²) < 4.78 is 104. The summed E-state index contributed by atoms with van der Waals surface area (Å²) in [6.45, 7) is 15.7. The number of anilines is 3. The van der Waals surface area contributed by atoms with E-state index in [4.69, 9.17) is 28.0 Å². The lowest BCUT2D eigenvalue weighted by Crippen LogP contribution is -2.56. The number of hydrogen-bond donors (Lipinski definition) is 0. The minimum absolute atomic E-state index is 0. The van der Waals surface area contributed by atoms with Crippen LogP contribution in [0.1, 0.15) is 189 Å². The normalized spacial score (nSPS) is 29.1. The minimum atomic E-state index is -3.93. The van der Waals surface area contributed by atoms with Crippen molar-refractivity contribution in [1.29, 1.82) is 0 Å². The van der Waals surface area contributed by atoms with Crippen LogP contribution in [0.15, 0.2) is 80.8 Å². The van der Waals surface area contributed by atoms with E-state index in [2.05, 4.69) is 25.0 Å². The number of hydrogen-bond acceptors (Lipinski definition) is 18. The van der Waals surface area contributed by atoms with Gasteiger partial charge in [0.2, 0.25) is 11.7 Å². The Morgan fingerprint density at radius 1 is 0.523 bits per heavy atom. The Balaban J connectivity index is 0.000000125. The van der Waals surface area contributed by atoms with Gasteiger partial charge >= 0.3 is 18.3 Å². The lowest BCUT2D eigenvalue weighted by molar-refractivity contribution is -0.119. The maximum Gasteiger partial charge on any atom is 0.410 e. The van der Waals surface area contributed by atoms with Crippen molar-refractivity contribution < 1.29 is 75.0 Å². The largest absolute Gasteiger partial charge is 0.450 e. The fourth-order valence-corrected chi connectivity index (χ4v) is 24.0. The van der Waals surface area contributed by atoms with Crippen LogP contribution >= 0.6 is 0 Å². The van der Waals surface area contributed by atoms with E-state index in [-0.39, 0.29) is 131 Å². The van der Waals surface area contributed by atoms with E-state index in [0.717, 1.165) is 202 Å². The number of piperidine rings is 6.